The van der Waals surface area contributed by atoms with Crippen molar-refractivity contribution in [1.29, 1.82) is 0 Å². The Hall–Kier alpha value is -0.970. The molecule has 5 heteroatoms. The average molecular weight is 206 g/mol. The number of hydrogen-bond donors (Lipinski definition) is 1. The van der Waals surface area contributed by atoms with E-state index in [-0.39, 0.29) is 6.42 Å². The van der Waals surface area contributed by atoms with Crippen molar-refractivity contribution in [2.75, 3.05) is 0 Å². The zero-order chi connectivity index (χ0) is 9.90. The largest absolute Gasteiger partial charge is 0.477 e. The maximum atomic E-state index is 12.5. The minimum atomic E-state index is -3.61. The fourth-order valence-electron chi connectivity index (χ4n) is 0.843. The number of carboxylic acids is 1. The Kier molecular flexibility index (Phi) is 2.98. The molecule has 0 fully saturated rings. The number of hydrogen-bond acceptors (Lipinski definition) is 2. The van der Waals surface area contributed by atoms with Gasteiger partial charge in [0.15, 0.2) is 0 Å². The summed E-state index contributed by atoms with van der Waals surface area (Å²) in [7, 11) is 0. The molecule has 0 aliphatic heterocycles. The third kappa shape index (κ3) is 2.77. The van der Waals surface area contributed by atoms with Crippen LogP contribution >= 0.6 is 11.3 Å². The van der Waals surface area contributed by atoms with Crippen molar-refractivity contribution >= 4 is 17.3 Å². The van der Waals surface area contributed by atoms with Gasteiger partial charge in [0.25, 0.3) is 0 Å². The van der Waals surface area contributed by atoms with Crippen molar-refractivity contribution in [2.45, 2.75) is 18.8 Å². The van der Waals surface area contributed by atoms with Gasteiger partial charge in [-0.3, -0.25) is 0 Å². The van der Waals surface area contributed by atoms with Crippen LogP contribution in [0.4, 0.5) is 8.78 Å². The standard InChI is InChI=1S/C8H8F2O2S/c9-8(10,7(11)12)3-1-6-2-4-13-5-6/h2,4-5H,1,3H2,(H,11,12). The molecule has 1 aromatic heterocycles. The molecule has 0 aromatic carbocycles. The quantitative estimate of drug-likeness (QED) is 0.821. The van der Waals surface area contributed by atoms with Crippen molar-refractivity contribution in [2.24, 2.45) is 0 Å². The van der Waals surface area contributed by atoms with Crippen molar-refractivity contribution in [3.05, 3.63) is 22.4 Å². The van der Waals surface area contributed by atoms with Gasteiger partial charge in [-0.1, -0.05) is 0 Å². The zero-order valence-electron chi connectivity index (χ0n) is 6.67. The highest BCUT2D eigenvalue weighted by atomic mass is 32.1. The van der Waals surface area contributed by atoms with Crippen LogP contribution in [0, 0.1) is 0 Å². The molecule has 0 spiro atoms. The first-order valence-corrected chi connectivity index (χ1v) is 4.59. The summed E-state index contributed by atoms with van der Waals surface area (Å²) >= 11 is 1.41. The summed E-state index contributed by atoms with van der Waals surface area (Å²) < 4.78 is 25.1. The van der Waals surface area contributed by atoms with E-state index in [0.29, 0.717) is 0 Å². The van der Waals surface area contributed by atoms with Gasteiger partial charge in [-0.2, -0.15) is 20.1 Å². The van der Waals surface area contributed by atoms with Gasteiger partial charge in [0.1, 0.15) is 0 Å². The lowest BCUT2D eigenvalue weighted by atomic mass is 10.1. The van der Waals surface area contributed by atoms with Gasteiger partial charge in [0.2, 0.25) is 0 Å². The monoisotopic (exact) mass is 206 g/mol. The first kappa shape index (κ1) is 10.1. The number of rotatable bonds is 4. The van der Waals surface area contributed by atoms with Crippen molar-refractivity contribution in [1.82, 2.24) is 0 Å². The predicted molar refractivity (Wildman–Crippen MR) is 45.2 cm³/mol. The van der Waals surface area contributed by atoms with Crippen LogP contribution in [0.3, 0.4) is 0 Å². The molecule has 0 radical (unpaired) electrons. The minimum Gasteiger partial charge on any atom is -0.477 e. The number of alkyl halides is 2. The second-order valence-corrected chi connectivity index (χ2v) is 3.42. The average Bonchev–Trinajstić information content (AvgIpc) is 2.52. The molecule has 1 rings (SSSR count). The van der Waals surface area contributed by atoms with Crippen LogP contribution in [0.1, 0.15) is 12.0 Å². The maximum Gasteiger partial charge on any atom is 0.374 e. The SMILES string of the molecule is O=C(O)C(F)(F)CCc1ccsc1. The molecule has 0 amide bonds. The fourth-order valence-corrected chi connectivity index (χ4v) is 1.55. The third-order valence-corrected chi connectivity index (χ3v) is 2.35. The summed E-state index contributed by atoms with van der Waals surface area (Å²) in [6.45, 7) is 0. The normalized spacial score (nSPS) is 11.5. The van der Waals surface area contributed by atoms with Gasteiger partial charge in [0.05, 0.1) is 0 Å². The smallest absolute Gasteiger partial charge is 0.374 e. The molecule has 0 bridgehead atoms. The van der Waals surface area contributed by atoms with E-state index in [1.54, 1.807) is 16.8 Å². The third-order valence-electron chi connectivity index (χ3n) is 1.62. The topological polar surface area (TPSA) is 37.3 Å². The Bertz CT molecular complexity index is 282. The van der Waals surface area contributed by atoms with Gasteiger partial charge >= 0.3 is 11.9 Å². The van der Waals surface area contributed by atoms with E-state index >= 15 is 0 Å². The second-order valence-electron chi connectivity index (χ2n) is 2.64. The molecule has 0 unspecified atom stereocenters. The van der Waals surface area contributed by atoms with E-state index < -0.39 is 18.3 Å². The fraction of sp³-hybridized carbons (Fsp3) is 0.375. The van der Waals surface area contributed by atoms with Crippen LogP contribution in [0.15, 0.2) is 16.8 Å². The van der Waals surface area contributed by atoms with E-state index in [4.69, 9.17) is 5.11 Å². The zero-order valence-corrected chi connectivity index (χ0v) is 7.48. The van der Waals surface area contributed by atoms with Crippen LogP contribution in [0.5, 0.6) is 0 Å². The molecule has 1 N–H and O–H groups in total. The van der Waals surface area contributed by atoms with E-state index in [2.05, 4.69) is 0 Å². The lowest BCUT2D eigenvalue weighted by molar-refractivity contribution is -0.165. The second kappa shape index (κ2) is 3.83. The molecule has 1 heterocycles. The van der Waals surface area contributed by atoms with Gasteiger partial charge < -0.3 is 5.11 Å². The number of halogens is 2. The predicted octanol–water partition coefficient (Wildman–Crippen LogP) is 2.40. The lowest BCUT2D eigenvalue weighted by Gasteiger charge is -2.09. The van der Waals surface area contributed by atoms with Gasteiger partial charge in [-0.15, -0.1) is 0 Å². The Labute approximate surface area is 77.8 Å². The van der Waals surface area contributed by atoms with Crippen LogP contribution in [-0.2, 0) is 11.2 Å². The summed E-state index contributed by atoms with van der Waals surface area (Å²) in [5.41, 5.74) is 0.755. The van der Waals surface area contributed by atoms with Crippen LogP contribution < -0.4 is 0 Å². The molecule has 0 saturated heterocycles. The van der Waals surface area contributed by atoms with E-state index in [1.807, 2.05) is 0 Å². The summed E-state index contributed by atoms with van der Waals surface area (Å²) in [5.74, 6) is -5.66. The van der Waals surface area contributed by atoms with Crippen molar-refractivity contribution < 1.29 is 18.7 Å². The highest BCUT2D eigenvalue weighted by Gasteiger charge is 2.37. The molecular formula is C8H8F2O2S. The number of thiophene rings is 1. The minimum absolute atomic E-state index is 0.100. The Morgan fingerprint density at radius 2 is 2.31 bits per heavy atom. The molecular weight excluding hydrogens is 198 g/mol. The molecule has 0 saturated carbocycles. The summed E-state index contributed by atoms with van der Waals surface area (Å²) in [6.07, 6.45) is -0.540. The molecule has 0 atom stereocenters. The van der Waals surface area contributed by atoms with Gasteiger partial charge in [-0.25, -0.2) is 4.79 Å². The van der Waals surface area contributed by atoms with E-state index in [9.17, 15) is 13.6 Å². The van der Waals surface area contributed by atoms with Gasteiger partial charge in [-0.05, 0) is 28.8 Å². The van der Waals surface area contributed by atoms with Crippen molar-refractivity contribution in [3.8, 4) is 0 Å². The Morgan fingerprint density at radius 1 is 1.62 bits per heavy atom. The highest BCUT2D eigenvalue weighted by Crippen LogP contribution is 2.21. The van der Waals surface area contributed by atoms with E-state index in [1.165, 1.54) is 11.3 Å². The molecule has 0 aliphatic rings. The molecule has 1 aromatic rings. The summed E-state index contributed by atoms with van der Waals surface area (Å²) in [4.78, 5) is 10.0. The number of aliphatic carboxylic acids is 1. The molecule has 2 nitrogen and oxygen atoms in total. The molecule has 0 aliphatic carbocycles. The highest BCUT2D eigenvalue weighted by molar-refractivity contribution is 7.07. The van der Waals surface area contributed by atoms with Crippen LogP contribution in [-0.4, -0.2) is 17.0 Å². The first-order valence-electron chi connectivity index (χ1n) is 3.64. The summed E-state index contributed by atoms with van der Waals surface area (Å²) in [5, 5.41) is 11.6. The van der Waals surface area contributed by atoms with E-state index in [0.717, 1.165) is 5.56 Å². The number of carboxylic acid groups (broad SMARTS) is 1. The van der Waals surface area contributed by atoms with Gasteiger partial charge in [0, 0.05) is 6.42 Å². The first-order chi connectivity index (χ1) is 6.02. The maximum absolute atomic E-state index is 12.5. The molecule has 72 valence electrons. The van der Waals surface area contributed by atoms with Crippen molar-refractivity contribution in [3.63, 3.8) is 0 Å². The Morgan fingerprint density at radius 3 is 2.77 bits per heavy atom. The summed E-state index contributed by atoms with van der Waals surface area (Å²) in [6, 6.07) is 1.71. The van der Waals surface area contributed by atoms with Crippen LogP contribution in [0.2, 0.25) is 0 Å². The Balaban J connectivity index is 2.47. The number of carbonyl (C=O) groups is 1. The molecule has 13 heavy (non-hydrogen) atoms. The lowest BCUT2D eigenvalue weighted by Crippen LogP contribution is -2.28. The number of aryl methyl sites for hydroxylation is 1. The van der Waals surface area contributed by atoms with Crippen LogP contribution in [0.25, 0.3) is 0 Å².